The highest BCUT2D eigenvalue weighted by molar-refractivity contribution is 6.33. The van der Waals surface area contributed by atoms with Crippen LogP contribution in [0, 0.1) is 0 Å². The van der Waals surface area contributed by atoms with Crippen molar-refractivity contribution >= 4 is 29.2 Å². The Hall–Kier alpha value is -0.580. The number of aliphatic hydroxyl groups is 1. The summed E-state index contributed by atoms with van der Waals surface area (Å²) in [7, 11) is 0. The highest BCUT2D eigenvalue weighted by Crippen LogP contribution is 2.13. The number of hydrogen-bond acceptors (Lipinski definition) is 4. The summed E-state index contributed by atoms with van der Waals surface area (Å²) in [5, 5.41) is 11.8. The van der Waals surface area contributed by atoms with Crippen LogP contribution in [-0.2, 0) is 0 Å². The standard InChI is InChI=1S/C6H7Cl2N3O/c7-4-3-5(8)11-6(10-4)9-1-2-12/h3,12H,1-2H2,(H,9,10,11). The van der Waals surface area contributed by atoms with Crippen LogP contribution in [0.3, 0.4) is 0 Å². The van der Waals surface area contributed by atoms with E-state index >= 15 is 0 Å². The van der Waals surface area contributed by atoms with E-state index in [2.05, 4.69) is 15.3 Å². The molecule has 0 amide bonds. The SMILES string of the molecule is OCCNc1nc(Cl)cc(Cl)n1. The minimum atomic E-state index is 0.00743. The van der Waals surface area contributed by atoms with E-state index in [1.54, 1.807) is 0 Å². The van der Waals surface area contributed by atoms with E-state index in [1.165, 1.54) is 6.07 Å². The number of halogens is 2. The van der Waals surface area contributed by atoms with Gasteiger partial charge in [0, 0.05) is 12.6 Å². The first kappa shape index (κ1) is 9.51. The Kier molecular flexibility index (Phi) is 3.52. The van der Waals surface area contributed by atoms with Crippen LogP contribution in [0.1, 0.15) is 0 Å². The lowest BCUT2D eigenvalue weighted by Gasteiger charge is -2.01. The molecule has 0 fully saturated rings. The Morgan fingerprint density at radius 3 is 2.42 bits per heavy atom. The van der Waals surface area contributed by atoms with Crippen molar-refractivity contribution in [3.05, 3.63) is 16.4 Å². The molecule has 0 aliphatic heterocycles. The van der Waals surface area contributed by atoms with Crippen LogP contribution in [0.25, 0.3) is 0 Å². The number of rotatable bonds is 3. The van der Waals surface area contributed by atoms with E-state index in [4.69, 9.17) is 28.3 Å². The molecular weight excluding hydrogens is 201 g/mol. The normalized spacial score (nSPS) is 9.92. The molecule has 0 radical (unpaired) electrons. The van der Waals surface area contributed by atoms with Gasteiger partial charge in [-0.3, -0.25) is 0 Å². The first-order valence-corrected chi connectivity index (χ1v) is 4.03. The Bertz CT molecular complexity index is 249. The zero-order valence-corrected chi connectivity index (χ0v) is 7.60. The number of aromatic nitrogens is 2. The van der Waals surface area contributed by atoms with E-state index in [1.807, 2.05) is 0 Å². The molecule has 0 atom stereocenters. The fraction of sp³-hybridized carbons (Fsp3) is 0.333. The topological polar surface area (TPSA) is 58.0 Å². The van der Waals surface area contributed by atoms with Crippen LogP contribution < -0.4 is 5.32 Å². The quantitative estimate of drug-likeness (QED) is 0.732. The number of aliphatic hydroxyl groups excluding tert-OH is 1. The number of hydrogen-bond donors (Lipinski definition) is 2. The molecule has 2 N–H and O–H groups in total. The molecule has 1 heterocycles. The van der Waals surface area contributed by atoms with Gasteiger partial charge in [0.1, 0.15) is 10.3 Å². The van der Waals surface area contributed by atoms with Crippen molar-refractivity contribution in [2.75, 3.05) is 18.5 Å². The van der Waals surface area contributed by atoms with Gasteiger partial charge in [0.05, 0.1) is 6.61 Å². The second kappa shape index (κ2) is 4.45. The third-order valence-corrected chi connectivity index (χ3v) is 1.45. The molecule has 0 saturated carbocycles. The minimum absolute atomic E-state index is 0.00743. The largest absolute Gasteiger partial charge is 0.395 e. The Morgan fingerprint density at radius 2 is 1.92 bits per heavy atom. The van der Waals surface area contributed by atoms with Gasteiger partial charge >= 0.3 is 0 Å². The predicted octanol–water partition coefficient (Wildman–Crippen LogP) is 1.19. The van der Waals surface area contributed by atoms with E-state index in [0.717, 1.165) is 0 Å². The maximum absolute atomic E-state index is 8.48. The van der Waals surface area contributed by atoms with Crippen LogP contribution in [0.4, 0.5) is 5.95 Å². The van der Waals surface area contributed by atoms with Crippen LogP contribution in [0.5, 0.6) is 0 Å². The summed E-state index contributed by atoms with van der Waals surface area (Å²) in [5.74, 6) is 0.321. The summed E-state index contributed by atoms with van der Waals surface area (Å²) in [6.45, 7) is 0.379. The Labute approximate surface area is 79.6 Å². The highest BCUT2D eigenvalue weighted by atomic mass is 35.5. The number of anilines is 1. The Morgan fingerprint density at radius 1 is 1.33 bits per heavy atom. The van der Waals surface area contributed by atoms with Crippen molar-refractivity contribution < 1.29 is 5.11 Å². The van der Waals surface area contributed by atoms with Gasteiger partial charge < -0.3 is 10.4 Å². The smallest absolute Gasteiger partial charge is 0.225 e. The van der Waals surface area contributed by atoms with Crippen LogP contribution in [-0.4, -0.2) is 28.2 Å². The molecule has 0 aromatic carbocycles. The van der Waals surface area contributed by atoms with Gasteiger partial charge in [-0.1, -0.05) is 23.2 Å². The van der Waals surface area contributed by atoms with Crippen molar-refractivity contribution in [3.63, 3.8) is 0 Å². The number of nitrogens with one attached hydrogen (secondary N) is 1. The fourth-order valence-corrected chi connectivity index (χ4v) is 1.06. The lowest BCUT2D eigenvalue weighted by molar-refractivity contribution is 0.311. The molecule has 1 aromatic rings. The third kappa shape index (κ3) is 2.81. The van der Waals surface area contributed by atoms with E-state index in [-0.39, 0.29) is 16.9 Å². The zero-order valence-electron chi connectivity index (χ0n) is 6.09. The molecule has 0 aliphatic rings. The third-order valence-electron chi connectivity index (χ3n) is 1.06. The van der Waals surface area contributed by atoms with Crippen LogP contribution in [0.15, 0.2) is 6.07 Å². The summed E-state index contributed by atoms with van der Waals surface area (Å²) < 4.78 is 0. The summed E-state index contributed by atoms with van der Waals surface area (Å²) in [6, 6.07) is 1.44. The molecule has 0 spiro atoms. The van der Waals surface area contributed by atoms with Gasteiger partial charge in [-0.05, 0) is 0 Å². The maximum atomic E-state index is 8.48. The van der Waals surface area contributed by atoms with E-state index in [0.29, 0.717) is 12.5 Å². The van der Waals surface area contributed by atoms with Gasteiger partial charge in [0.15, 0.2) is 0 Å². The summed E-state index contributed by atoms with van der Waals surface area (Å²) in [4.78, 5) is 7.64. The molecule has 0 saturated heterocycles. The lowest BCUT2D eigenvalue weighted by Crippen LogP contribution is -2.08. The molecule has 1 rings (SSSR count). The average Bonchev–Trinajstić information content (AvgIpc) is 1.99. The molecule has 66 valence electrons. The molecule has 0 unspecified atom stereocenters. The maximum Gasteiger partial charge on any atom is 0.225 e. The molecule has 6 heteroatoms. The summed E-state index contributed by atoms with van der Waals surface area (Å²) >= 11 is 11.2. The lowest BCUT2D eigenvalue weighted by atomic mass is 10.6. The molecule has 0 bridgehead atoms. The van der Waals surface area contributed by atoms with Gasteiger partial charge in [-0.15, -0.1) is 0 Å². The molecule has 0 aliphatic carbocycles. The van der Waals surface area contributed by atoms with Crippen LogP contribution in [0.2, 0.25) is 10.3 Å². The minimum Gasteiger partial charge on any atom is -0.395 e. The monoisotopic (exact) mass is 207 g/mol. The first-order valence-electron chi connectivity index (χ1n) is 3.27. The van der Waals surface area contributed by atoms with Crippen molar-refractivity contribution in [1.82, 2.24) is 9.97 Å². The van der Waals surface area contributed by atoms with E-state index in [9.17, 15) is 0 Å². The van der Waals surface area contributed by atoms with Crippen molar-refractivity contribution in [3.8, 4) is 0 Å². The molecular formula is C6H7Cl2N3O. The molecule has 1 aromatic heterocycles. The zero-order chi connectivity index (χ0) is 8.97. The first-order chi connectivity index (χ1) is 5.72. The average molecular weight is 208 g/mol. The Balaban J connectivity index is 2.72. The fourth-order valence-electron chi connectivity index (χ4n) is 0.637. The van der Waals surface area contributed by atoms with Gasteiger partial charge in [0.2, 0.25) is 5.95 Å². The summed E-state index contributed by atoms with van der Waals surface area (Å²) in [6.07, 6.45) is 0. The van der Waals surface area contributed by atoms with Crippen molar-refractivity contribution in [2.45, 2.75) is 0 Å². The molecule has 12 heavy (non-hydrogen) atoms. The van der Waals surface area contributed by atoms with Gasteiger partial charge in [-0.25, -0.2) is 9.97 Å². The van der Waals surface area contributed by atoms with Crippen molar-refractivity contribution in [1.29, 1.82) is 0 Å². The highest BCUT2D eigenvalue weighted by Gasteiger charge is 1.99. The van der Waals surface area contributed by atoms with Gasteiger partial charge in [-0.2, -0.15) is 0 Å². The predicted molar refractivity (Wildman–Crippen MR) is 47.6 cm³/mol. The van der Waals surface area contributed by atoms with Gasteiger partial charge in [0.25, 0.3) is 0 Å². The second-order valence-corrected chi connectivity index (χ2v) is 2.76. The van der Waals surface area contributed by atoms with Crippen LogP contribution >= 0.6 is 23.2 Å². The second-order valence-electron chi connectivity index (χ2n) is 1.99. The van der Waals surface area contributed by atoms with Crippen molar-refractivity contribution in [2.24, 2.45) is 0 Å². The van der Waals surface area contributed by atoms with E-state index < -0.39 is 0 Å². The number of nitrogens with zero attached hydrogens (tertiary/aromatic N) is 2. The molecule has 4 nitrogen and oxygen atoms in total. The summed E-state index contributed by atoms with van der Waals surface area (Å²) in [5.41, 5.74) is 0.